The van der Waals surface area contributed by atoms with E-state index in [1.165, 1.54) is 11.3 Å². The predicted octanol–water partition coefficient (Wildman–Crippen LogP) is 4.05. The fraction of sp³-hybridized carbons (Fsp3) is 0.292. The highest BCUT2D eigenvalue weighted by Crippen LogP contribution is 2.29. The van der Waals surface area contributed by atoms with Crippen molar-refractivity contribution in [3.63, 3.8) is 0 Å². The Labute approximate surface area is 176 Å². The average molecular weight is 406 g/mol. The van der Waals surface area contributed by atoms with Crippen molar-refractivity contribution in [3.8, 4) is 11.5 Å². The van der Waals surface area contributed by atoms with Gasteiger partial charge in [-0.3, -0.25) is 4.79 Å². The van der Waals surface area contributed by atoms with Crippen molar-refractivity contribution in [3.05, 3.63) is 77.7 Å². The number of amides is 1. The largest absolute Gasteiger partial charge is 0.493 e. The molecule has 0 saturated heterocycles. The fourth-order valence-electron chi connectivity index (χ4n) is 3.72. The zero-order chi connectivity index (χ0) is 20.9. The number of fused-ring (bicyclic) bond motifs is 1. The number of hydrogen-bond donors (Lipinski definition) is 1. The summed E-state index contributed by atoms with van der Waals surface area (Å²) in [6, 6.07) is 19.5. The smallest absolute Gasteiger partial charge is 0.287 e. The quantitative estimate of drug-likeness (QED) is 0.612. The molecule has 0 unspecified atom stereocenters. The molecule has 2 heterocycles. The van der Waals surface area contributed by atoms with Gasteiger partial charge in [-0.25, -0.2) is 0 Å². The van der Waals surface area contributed by atoms with Crippen LogP contribution in [0, 0.1) is 0 Å². The minimum absolute atomic E-state index is 0.195. The summed E-state index contributed by atoms with van der Waals surface area (Å²) in [4.78, 5) is 14.9. The number of ether oxygens (including phenoxy) is 2. The Balaban J connectivity index is 1.30. The molecule has 1 aliphatic heterocycles. The van der Waals surface area contributed by atoms with Crippen molar-refractivity contribution in [2.45, 2.75) is 26.0 Å². The van der Waals surface area contributed by atoms with Crippen molar-refractivity contribution < 1.29 is 18.7 Å². The molecular weight excluding hydrogens is 380 g/mol. The Morgan fingerprint density at radius 2 is 1.87 bits per heavy atom. The van der Waals surface area contributed by atoms with Crippen molar-refractivity contribution in [1.29, 1.82) is 0 Å². The van der Waals surface area contributed by atoms with E-state index < -0.39 is 0 Å². The molecule has 30 heavy (non-hydrogen) atoms. The van der Waals surface area contributed by atoms with Crippen LogP contribution < -0.4 is 19.7 Å². The van der Waals surface area contributed by atoms with Crippen LogP contribution in [0.5, 0.6) is 11.5 Å². The third-order valence-electron chi connectivity index (χ3n) is 5.34. The standard InChI is InChI=1S/C24H26N2O4/c1-17(26-14-13-18-7-3-4-8-20(18)26)15-25-24(27)23-12-11-19(30-23)16-29-22-10-6-5-9-21(22)28-2/h3-12,17H,13-16H2,1-2H3,(H,25,27)/t17-/m1/s1. The molecule has 1 aliphatic rings. The van der Waals surface area contributed by atoms with Crippen molar-refractivity contribution in [2.24, 2.45) is 0 Å². The van der Waals surface area contributed by atoms with Gasteiger partial charge in [0.05, 0.1) is 7.11 Å². The van der Waals surface area contributed by atoms with E-state index in [9.17, 15) is 4.79 Å². The second-order valence-corrected chi connectivity index (χ2v) is 7.34. The van der Waals surface area contributed by atoms with Gasteiger partial charge in [0.2, 0.25) is 0 Å². The number of carbonyl (C=O) groups is 1. The summed E-state index contributed by atoms with van der Waals surface area (Å²) >= 11 is 0. The number of para-hydroxylation sites is 3. The van der Waals surface area contributed by atoms with Gasteiger partial charge in [0.25, 0.3) is 5.91 Å². The number of anilines is 1. The first-order valence-corrected chi connectivity index (χ1v) is 10.1. The molecular formula is C24H26N2O4. The van der Waals surface area contributed by atoms with Gasteiger partial charge in [-0.15, -0.1) is 0 Å². The number of nitrogens with zero attached hydrogens (tertiary/aromatic N) is 1. The van der Waals surface area contributed by atoms with Crippen LogP contribution in [0.2, 0.25) is 0 Å². The molecule has 156 valence electrons. The molecule has 0 radical (unpaired) electrons. The molecule has 0 fully saturated rings. The second kappa shape index (κ2) is 8.95. The van der Waals surface area contributed by atoms with E-state index in [1.807, 2.05) is 24.3 Å². The third kappa shape index (κ3) is 4.27. The van der Waals surface area contributed by atoms with Crippen LogP contribution in [0.1, 0.15) is 28.8 Å². The summed E-state index contributed by atoms with van der Waals surface area (Å²) in [5, 5.41) is 2.98. The first kappa shape index (κ1) is 19.9. The van der Waals surface area contributed by atoms with Crippen molar-refractivity contribution in [1.82, 2.24) is 5.32 Å². The lowest BCUT2D eigenvalue weighted by molar-refractivity contribution is 0.0919. The monoisotopic (exact) mass is 406 g/mol. The lowest BCUT2D eigenvalue weighted by Gasteiger charge is -2.27. The number of methoxy groups -OCH3 is 1. The van der Waals surface area contributed by atoms with Crippen LogP contribution in [0.3, 0.4) is 0 Å². The fourth-order valence-corrected chi connectivity index (χ4v) is 3.72. The van der Waals surface area contributed by atoms with E-state index >= 15 is 0 Å². The number of rotatable bonds is 8. The Bertz CT molecular complexity index is 1010. The molecule has 1 aromatic heterocycles. The summed E-state index contributed by atoms with van der Waals surface area (Å²) in [5.41, 5.74) is 2.62. The maximum Gasteiger partial charge on any atom is 0.287 e. The Morgan fingerprint density at radius 1 is 1.10 bits per heavy atom. The summed E-state index contributed by atoms with van der Waals surface area (Å²) in [6.07, 6.45) is 1.04. The van der Waals surface area contributed by atoms with Gasteiger partial charge < -0.3 is 24.1 Å². The molecule has 1 atom stereocenters. The summed E-state index contributed by atoms with van der Waals surface area (Å²) in [6.45, 7) is 3.86. The minimum atomic E-state index is -0.224. The molecule has 0 spiro atoms. The summed E-state index contributed by atoms with van der Waals surface area (Å²) in [5.74, 6) is 1.91. The molecule has 4 rings (SSSR count). The van der Waals surface area contributed by atoms with Gasteiger partial charge >= 0.3 is 0 Å². The number of furan rings is 1. The van der Waals surface area contributed by atoms with Gasteiger partial charge in [0.1, 0.15) is 12.4 Å². The number of hydrogen-bond acceptors (Lipinski definition) is 5. The summed E-state index contributed by atoms with van der Waals surface area (Å²) in [7, 11) is 1.60. The lowest BCUT2D eigenvalue weighted by atomic mass is 10.2. The van der Waals surface area contributed by atoms with E-state index in [0.717, 1.165) is 13.0 Å². The average Bonchev–Trinajstić information content (AvgIpc) is 3.43. The van der Waals surface area contributed by atoms with E-state index in [0.29, 0.717) is 23.8 Å². The molecule has 1 N–H and O–H groups in total. The van der Waals surface area contributed by atoms with Gasteiger partial charge in [-0.05, 0) is 49.2 Å². The van der Waals surface area contributed by atoms with Gasteiger partial charge in [0.15, 0.2) is 17.3 Å². The third-order valence-corrected chi connectivity index (χ3v) is 5.34. The SMILES string of the molecule is COc1ccccc1OCc1ccc(C(=O)NC[C@@H](C)N2CCc3ccccc32)o1. The minimum Gasteiger partial charge on any atom is -0.493 e. The van der Waals surface area contributed by atoms with Crippen LogP contribution in [-0.2, 0) is 13.0 Å². The first-order chi connectivity index (χ1) is 14.7. The van der Waals surface area contributed by atoms with E-state index in [1.54, 1.807) is 19.2 Å². The highest BCUT2D eigenvalue weighted by Gasteiger charge is 2.23. The number of benzene rings is 2. The van der Waals surface area contributed by atoms with Crippen LogP contribution in [0.15, 0.2) is 65.1 Å². The molecule has 6 nitrogen and oxygen atoms in total. The second-order valence-electron chi connectivity index (χ2n) is 7.34. The normalized spacial score (nSPS) is 13.6. The molecule has 3 aromatic rings. The van der Waals surface area contributed by atoms with Gasteiger partial charge in [-0.1, -0.05) is 30.3 Å². The number of nitrogens with one attached hydrogen (secondary N) is 1. The van der Waals surface area contributed by atoms with Crippen LogP contribution in [0.25, 0.3) is 0 Å². The molecule has 0 saturated carbocycles. The van der Waals surface area contributed by atoms with Crippen LogP contribution in [0.4, 0.5) is 5.69 Å². The van der Waals surface area contributed by atoms with Gasteiger partial charge in [-0.2, -0.15) is 0 Å². The van der Waals surface area contributed by atoms with E-state index in [4.69, 9.17) is 13.9 Å². The molecule has 2 aromatic carbocycles. The Morgan fingerprint density at radius 3 is 2.70 bits per heavy atom. The van der Waals surface area contributed by atoms with Crippen molar-refractivity contribution >= 4 is 11.6 Å². The van der Waals surface area contributed by atoms with Crippen LogP contribution >= 0.6 is 0 Å². The maximum absolute atomic E-state index is 12.5. The highest BCUT2D eigenvalue weighted by atomic mass is 16.5. The highest BCUT2D eigenvalue weighted by molar-refractivity contribution is 5.91. The van der Waals surface area contributed by atoms with E-state index in [-0.39, 0.29) is 24.3 Å². The van der Waals surface area contributed by atoms with Crippen LogP contribution in [-0.4, -0.2) is 32.1 Å². The summed E-state index contributed by atoms with van der Waals surface area (Å²) < 4.78 is 16.7. The molecule has 1 amide bonds. The maximum atomic E-state index is 12.5. The topological polar surface area (TPSA) is 63.9 Å². The Kier molecular flexibility index (Phi) is 5.93. The zero-order valence-electron chi connectivity index (χ0n) is 17.3. The first-order valence-electron chi connectivity index (χ1n) is 10.1. The zero-order valence-corrected chi connectivity index (χ0v) is 17.3. The van der Waals surface area contributed by atoms with E-state index in [2.05, 4.69) is 41.4 Å². The predicted molar refractivity (Wildman–Crippen MR) is 115 cm³/mol. The van der Waals surface area contributed by atoms with Crippen molar-refractivity contribution in [2.75, 3.05) is 25.1 Å². The Hall–Kier alpha value is -3.41. The lowest BCUT2D eigenvalue weighted by Crippen LogP contribution is -2.41. The molecule has 0 bridgehead atoms. The number of carbonyl (C=O) groups excluding carboxylic acids is 1. The molecule has 0 aliphatic carbocycles. The molecule has 6 heteroatoms. The van der Waals surface area contributed by atoms with Gasteiger partial charge in [0, 0.05) is 24.8 Å².